The van der Waals surface area contributed by atoms with Crippen LogP contribution in [-0.4, -0.2) is 17.7 Å². The van der Waals surface area contributed by atoms with Gasteiger partial charge in [0, 0.05) is 20.6 Å². The largest absolute Gasteiger partial charge is 0.508 e. The van der Waals surface area contributed by atoms with Crippen molar-refractivity contribution in [3.05, 3.63) is 87.4 Å². The Labute approximate surface area is 159 Å². The molecular weight excluding hydrogens is 404 g/mol. The van der Waals surface area contributed by atoms with Gasteiger partial charge >= 0.3 is 0 Å². The molecule has 0 radical (unpaired) electrons. The smallest absolute Gasteiger partial charge is 0.151 e. The van der Waals surface area contributed by atoms with Crippen molar-refractivity contribution in [2.45, 2.75) is 0 Å². The quantitative estimate of drug-likeness (QED) is 0.549. The van der Waals surface area contributed by atoms with E-state index in [1.165, 1.54) is 12.1 Å². The van der Waals surface area contributed by atoms with Crippen molar-refractivity contribution in [1.82, 2.24) is 0 Å². The molecule has 0 saturated heterocycles. The van der Waals surface area contributed by atoms with Crippen LogP contribution in [0.25, 0.3) is 11.1 Å². The summed E-state index contributed by atoms with van der Waals surface area (Å²) in [5.74, 6) is 0.102. The predicted molar refractivity (Wildman–Crippen MR) is 103 cm³/mol. The van der Waals surface area contributed by atoms with E-state index in [1.54, 1.807) is 12.1 Å². The summed E-state index contributed by atoms with van der Waals surface area (Å²) in [6, 6.07) is 19.5. The summed E-state index contributed by atoms with van der Waals surface area (Å²) < 4.78 is 0.695. The molecule has 25 heavy (non-hydrogen) atoms. The second-order valence-electron chi connectivity index (χ2n) is 5.04. The molecular formula is C20H14BrClO3. The Bertz CT molecular complexity index is 876. The number of aldehydes is 2. The maximum absolute atomic E-state index is 10.8. The first-order valence-corrected chi connectivity index (χ1v) is 8.46. The van der Waals surface area contributed by atoms with Crippen molar-refractivity contribution >= 4 is 40.1 Å². The van der Waals surface area contributed by atoms with Crippen molar-refractivity contribution in [1.29, 1.82) is 0 Å². The summed E-state index contributed by atoms with van der Waals surface area (Å²) in [5, 5.41) is 9.59. The molecule has 5 heteroatoms. The number of rotatable bonds is 3. The Morgan fingerprint density at radius 3 is 2.08 bits per heavy atom. The van der Waals surface area contributed by atoms with E-state index in [9.17, 15) is 9.59 Å². The molecule has 0 aliphatic heterocycles. The topological polar surface area (TPSA) is 54.4 Å². The highest BCUT2D eigenvalue weighted by atomic mass is 79.9. The molecule has 0 unspecified atom stereocenters. The number of carbonyl (C=O) groups excluding carboxylic acids is 2. The van der Waals surface area contributed by atoms with Gasteiger partial charge in [0.25, 0.3) is 0 Å². The second kappa shape index (κ2) is 9.16. The molecule has 0 fully saturated rings. The summed E-state index contributed by atoms with van der Waals surface area (Å²) in [6.07, 6.45) is 1.55. The second-order valence-corrected chi connectivity index (χ2v) is 6.33. The van der Waals surface area contributed by atoms with Crippen LogP contribution < -0.4 is 0 Å². The van der Waals surface area contributed by atoms with Gasteiger partial charge in [0.15, 0.2) is 12.6 Å². The SMILES string of the molecule is O=Cc1cc(O)ccc1Br.O=Cc1ccccc1-c1ccc(Cl)cc1. The van der Waals surface area contributed by atoms with Crippen LogP contribution in [0.15, 0.2) is 71.2 Å². The minimum Gasteiger partial charge on any atom is -0.508 e. The third kappa shape index (κ3) is 5.28. The van der Waals surface area contributed by atoms with Gasteiger partial charge in [-0.15, -0.1) is 0 Å². The van der Waals surface area contributed by atoms with E-state index >= 15 is 0 Å². The van der Waals surface area contributed by atoms with E-state index in [0.717, 1.165) is 17.4 Å². The van der Waals surface area contributed by atoms with E-state index in [0.29, 0.717) is 26.9 Å². The number of phenolic OH excluding ortho intramolecular Hbond substituents is 1. The van der Waals surface area contributed by atoms with Crippen molar-refractivity contribution in [2.75, 3.05) is 0 Å². The van der Waals surface area contributed by atoms with Gasteiger partial charge in [-0.1, -0.05) is 63.9 Å². The number of hydrogen-bond acceptors (Lipinski definition) is 3. The van der Waals surface area contributed by atoms with Crippen molar-refractivity contribution in [2.24, 2.45) is 0 Å². The molecule has 0 aliphatic rings. The maximum Gasteiger partial charge on any atom is 0.151 e. The molecule has 3 rings (SSSR count). The average Bonchev–Trinajstić information content (AvgIpc) is 2.65. The fraction of sp³-hybridized carbons (Fsp3) is 0. The van der Waals surface area contributed by atoms with E-state index in [1.807, 2.05) is 42.5 Å². The van der Waals surface area contributed by atoms with Crippen LogP contribution in [0.3, 0.4) is 0 Å². The molecule has 3 aromatic rings. The van der Waals surface area contributed by atoms with E-state index in [4.69, 9.17) is 16.7 Å². The van der Waals surface area contributed by atoms with Gasteiger partial charge in [0.1, 0.15) is 5.75 Å². The third-order valence-corrected chi connectivity index (χ3v) is 4.32. The zero-order chi connectivity index (χ0) is 18.2. The highest BCUT2D eigenvalue weighted by molar-refractivity contribution is 9.10. The number of hydrogen-bond donors (Lipinski definition) is 1. The molecule has 3 nitrogen and oxygen atoms in total. The first-order valence-electron chi connectivity index (χ1n) is 7.29. The zero-order valence-electron chi connectivity index (χ0n) is 13.0. The van der Waals surface area contributed by atoms with Crippen LogP contribution in [0, 0.1) is 0 Å². The normalized spacial score (nSPS) is 9.68. The summed E-state index contributed by atoms with van der Waals surface area (Å²) in [7, 11) is 0. The monoisotopic (exact) mass is 416 g/mol. The lowest BCUT2D eigenvalue weighted by Crippen LogP contribution is -1.86. The van der Waals surface area contributed by atoms with Crippen LogP contribution >= 0.6 is 27.5 Å². The zero-order valence-corrected chi connectivity index (χ0v) is 15.4. The maximum atomic E-state index is 10.8. The number of carbonyl (C=O) groups is 2. The summed E-state index contributed by atoms with van der Waals surface area (Å²) in [4.78, 5) is 21.1. The lowest BCUT2D eigenvalue weighted by Gasteiger charge is -2.04. The van der Waals surface area contributed by atoms with Gasteiger partial charge in [0.2, 0.25) is 0 Å². The molecule has 0 heterocycles. The van der Waals surface area contributed by atoms with Crippen LogP contribution in [0.1, 0.15) is 20.7 Å². The van der Waals surface area contributed by atoms with Gasteiger partial charge < -0.3 is 5.11 Å². The molecule has 126 valence electrons. The van der Waals surface area contributed by atoms with E-state index < -0.39 is 0 Å². The van der Waals surface area contributed by atoms with Gasteiger partial charge in [-0.3, -0.25) is 9.59 Å². The summed E-state index contributed by atoms with van der Waals surface area (Å²) >= 11 is 8.95. The molecule has 0 aliphatic carbocycles. The predicted octanol–water partition coefficient (Wildman–Crippen LogP) is 5.79. The van der Waals surface area contributed by atoms with Gasteiger partial charge in [-0.25, -0.2) is 0 Å². The molecule has 0 saturated carbocycles. The molecule has 0 bridgehead atoms. The average molecular weight is 418 g/mol. The fourth-order valence-electron chi connectivity index (χ4n) is 2.11. The Hall–Kier alpha value is -2.43. The molecule has 1 N–H and O–H groups in total. The number of halogens is 2. The minimum atomic E-state index is 0.102. The van der Waals surface area contributed by atoms with Crippen molar-refractivity contribution in [3.63, 3.8) is 0 Å². The molecule has 0 atom stereocenters. The number of aromatic hydroxyl groups is 1. The Balaban J connectivity index is 0.000000196. The summed E-state index contributed by atoms with van der Waals surface area (Å²) in [5.41, 5.74) is 3.09. The van der Waals surface area contributed by atoms with E-state index in [-0.39, 0.29) is 5.75 Å². The third-order valence-electron chi connectivity index (χ3n) is 3.35. The lowest BCUT2D eigenvalue weighted by atomic mass is 10.0. The van der Waals surface area contributed by atoms with Gasteiger partial charge in [-0.2, -0.15) is 0 Å². The minimum absolute atomic E-state index is 0.102. The van der Waals surface area contributed by atoms with Crippen LogP contribution in [-0.2, 0) is 0 Å². The molecule has 0 aromatic heterocycles. The number of benzene rings is 3. The highest BCUT2D eigenvalue weighted by Crippen LogP contribution is 2.24. The Morgan fingerprint density at radius 1 is 0.840 bits per heavy atom. The first kappa shape index (κ1) is 18.9. The standard InChI is InChI=1S/C13H9ClO.C7H5BrO2/c14-12-7-5-10(6-8-12)13-4-2-1-3-11(13)9-15;8-7-2-1-6(10)3-5(7)4-9/h1-9H;1-4,10H. The van der Waals surface area contributed by atoms with Gasteiger partial charge in [-0.05, 0) is 41.5 Å². The van der Waals surface area contributed by atoms with Crippen LogP contribution in [0.4, 0.5) is 0 Å². The molecule has 0 amide bonds. The van der Waals surface area contributed by atoms with Crippen LogP contribution in [0.2, 0.25) is 5.02 Å². The van der Waals surface area contributed by atoms with E-state index in [2.05, 4.69) is 15.9 Å². The van der Waals surface area contributed by atoms with Gasteiger partial charge in [0.05, 0.1) is 0 Å². The fourth-order valence-corrected chi connectivity index (χ4v) is 2.58. The van der Waals surface area contributed by atoms with Crippen molar-refractivity contribution < 1.29 is 14.7 Å². The Morgan fingerprint density at radius 2 is 1.48 bits per heavy atom. The highest BCUT2D eigenvalue weighted by Gasteiger charge is 2.02. The Kier molecular flexibility index (Phi) is 6.92. The summed E-state index contributed by atoms with van der Waals surface area (Å²) in [6.45, 7) is 0. The lowest BCUT2D eigenvalue weighted by molar-refractivity contribution is 0.111. The molecule has 3 aromatic carbocycles. The van der Waals surface area contributed by atoms with Crippen molar-refractivity contribution in [3.8, 4) is 16.9 Å². The first-order chi connectivity index (χ1) is 12.0. The molecule has 0 spiro atoms. The number of phenols is 1. The van der Waals surface area contributed by atoms with Crippen LogP contribution in [0.5, 0.6) is 5.75 Å².